The third-order valence-corrected chi connectivity index (χ3v) is 13.7. The van der Waals surface area contributed by atoms with Crippen LogP contribution in [-0.4, -0.2) is 0 Å². The number of allylic oxidation sites excluding steroid dienone is 9. The molecule has 4 aromatic carbocycles. The zero-order valence-corrected chi connectivity index (χ0v) is 31.5. The lowest BCUT2D eigenvalue weighted by Gasteiger charge is -2.58. The first kappa shape index (κ1) is 33.2. The van der Waals surface area contributed by atoms with E-state index in [0.29, 0.717) is 11.3 Å². The van der Waals surface area contributed by atoms with E-state index in [1.54, 1.807) is 0 Å². The Morgan fingerprint density at radius 3 is 2.08 bits per heavy atom. The number of rotatable bonds is 8. The van der Waals surface area contributed by atoms with Gasteiger partial charge in [-0.1, -0.05) is 130 Å². The lowest BCUT2D eigenvalue weighted by molar-refractivity contribution is -0.0726. The number of hydrogen-bond acceptors (Lipinski definition) is 1. The standard InChI is InChI=1S/C51H53N/c1-5-39(19-18-35(2)51-32-36-28-37(33-51)30-38(29-36)34-51)42-21-24-44(25-22-42)52(43-15-11-14-41(20-23-43)40-12-7-6-8-13-40)45-26-27-47-46-16-9-10-17-48(46)50(3,4)49(47)31-45/h5-10,12-27,31,35-38H,11,28-30,32-34H2,1-4H3/b19-18-,39-5+. The van der Waals surface area contributed by atoms with Crippen LogP contribution in [0.3, 0.4) is 0 Å². The second-order valence-corrected chi connectivity index (χ2v) is 17.2. The fourth-order valence-electron chi connectivity index (χ4n) is 11.3. The molecule has 1 atom stereocenters. The van der Waals surface area contributed by atoms with E-state index >= 15 is 0 Å². The lowest BCUT2D eigenvalue weighted by atomic mass is 9.46. The first-order valence-corrected chi connectivity index (χ1v) is 19.9. The van der Waals surface area contributed by atoms with Crippen LogP contribution >= 0.6 is 0 Å². The van der Waals surface area contributed by atoms with Crippen LogP contribution in [-0.2, 0) is 5.41 Å². The second-order valence-electron chi connectivity index (χ2n) is 17.2. The van der Waals surface area contributed by atoms with Crippen LogP contribution in [0.2, 0.25) is 0 Å². The summed E-state index contributed by atoms with van der Waals surface area (Å²) < 4.78 is 0. The molecule has 1 heteroatoms. The Labute approximate surface area is 312 Å². The van der Waals surface area contributed by atoms with Gasteiger partial charge in [0.15, 0.2) is 0 Å². The SMILES string of the molecule is C/C=C(\C=C/C(C)C12CC3CC(CC(C3)C1)C2)c1ccc(N(C2=CCC=C(c3ccccc3)C=C2)c2ccc3c(c2)C(C)(C)c2ccccc2-3)cc1. The highest BCUT2D eigenvalue weighted by Crippen LogP contribution is 2.63. The van der Waals surface area contributed by atoms with Crippen LogP contribution in [0.4, 0.5) is 11.4 Å². The van der Waals surface area contributed by atoms with Gasteiger partial charge >= 0.3 is 0 Å². The molecule has 0 radical (unpaired) electrons. The van der Waals surface area contributed by atoms with Crippen molar-refractivity contribution in [3.8, 4) is 11.1 Å². The van der Waals surface area contributed by atoms with Crippen molar-refractivity contribution in [3.05, 3.63) is 168 Å². The van der Waals surface area contributed by atoms with Gasteiger partial charge in [-0.3, -0.25) is 0 Å². The predicted molar refractivity (Wildman–Crippen MR) is 221 cm³/mol. The molecule has 4 bridgehead atoms. The molecule has 10 rings (SSSR count). The van der Waals surface area contributed by atoms with Crippen LogP contribution in [0, 0.1) is 29.1 Å². The van der Waals surface area contributed by atoms with Gasteiger partial charge in [0.05, 0.1) is 0 Å². The molecule has 4 fully saturated rings. The summed E-state index contributed by atoms with van der Waals surface area (Å²) in [6.07, 6.45) is 26.4. The third kappa shape index (κ3) is 5.78. The molecule has 6 aliphatic carbocycles. The fraction of sp³-hybridized carbons (Fsp3) is 0.333. The summed E-state index contributed by atoms with van der Waals surface area (Å²) in [6.45, 7) is 9.45. The average molecular weight is 680 g/mol. The van der Waals surface area contributed by atoms with E-state index in [4.69, 9.17) is 0 Å². The van der Waals surface area contributed by atoms with Crippen molar-refractivity contribution in [3.63, 3.8) is 0 Å². The van der Waals surface area contributed by atoms with E-state index in [0.717, 1.165) is 24.2 Å². The highest BCUT2D eigenvalue weighted by Gasteiger charge is 2.52. The Kier molecular flexibility index (Phi) is 8.37. The van der Waals surface area contributed by atoms with E-state index in [-0.39, 0.29) is 5.41 Å². The molecular formula is C51H53N. The molecule has 0 N–H and O–H groups in total. The highest BCUT2D eigenvalue weighted by molar-refractivity contribution is 5.85. The highest BCUT2D eigenvalue weighted by atomic mass is 15.1. The molecule has 1 unspecified atom stereocenters. The quantitative estimate of drug-likeness (QED) is 0.168. The van der Waals surface area contributed by atoms with Crippen molar-refractivity contribution in [2.75, 3.05) is 4.90 Å². The number of anilines is 2. The molecule has 4 aromatic rings. The van der Waals surface area contributed by atoms with Gasteiger partial charge in [0.2, 0.25) is 0 Å². The summed E-state index contributed by atoms with van der Waals surface area (Å²) in [5.41, 5.74) is 14.7. The van der Waals surface area contributed by atoms with Gasteiger partial charge < -0.3 is 4.90 Å². The molecular weight excluding hydrogens is 627 g/mol. The van der Waals surface area contributed by atoms with Gasteiger partial charge in [-0.05, 0) is 156 Å². The van der Waals surface area contributed by atoms with Crippen LogP contribution in [0.5, 0.6) is 0 Å². The molecule has 0 amide bonds. The minimum Gasteiger partial charge on any atom is -0.311 e. The van der Waals surface area contributed by atoms with Gasteiger partial charge in [-0.15, -0.1) is 0 Å². The van der Waals surface area contributed by atoms with Crippen molar-refractivity contribution in [1.82, 2.24) is 0 Å². The molecule has 0 aromatic heterocycles. The first-order valence-electron chi connectivity index (χ1n) is 19.9. The van der Waals surface area contributed by atoms with Gasteiger partial charge in [0.1, 0.15) is 0 Å². The summed E-state index contributed by atoms with van der Waals surface area (Å²) in [4.78, 5) is 2.46. The summed E-state index contributed by atoms with van der Waals surface area (Å²) >= 11 is 0. The predicted octanol–water partition coefficient (Wildman–Crippen LogP) is 13.9. The number of benzene rings is 4. The Bertz CT molecular complexity index is 2100. The Morgan fingerprint density at radius 2 is 1.37 bits per heavy atom. The van der Waals surface area contributed by atoms with Crippen molar-refractivity contribution in [2.24, 2.45) is 29.1 Å². The first-order chi connectivity index (χ1) is 25.3. The maximum absolute atomic E-state index is 2.56. The Hall–Kier alpha value is -4.62. The van der Waals surface area contributed by atoms with Crippen molar-refractivity contribution in [1.29, 1.82) is 0 Å². The zero-order chi connectivity index (χ0) is 35.5. The molecule has 52 heavy (non-hydrogen) atoms. The molecule has 0 spiro atoms. The number of fused-ring (bicyclic) bond motifs is 3. The molecule has 6 aliphatic rings. The summed E-state index contributed by atoms with van der Waals surface area (Å²) in [5.74, 6) is 3.60. The number of nitrogens with zero attached hydrogens (tertiary/aromatic N) is 1. The summed E-state index contributed by atoms with van der Waals surface area (Å²) in [5, 5.41) is 0. The number of hydrogen-bond donors (Lipinski definition) is 0. The van der Waals surface area contributed by atoms with Crippen molar-refractivity contribution < 1.29 is 0 Å². The Morgan fingerprint density at radius 1 is 0.712 bits per heavy atom. The Balaban J connectivity index is 1.04. The van der Waals surface area contributed by atoms with Crippen LogP contribution in [0.1, 0.15) is 94.9 Å². The second kappa shape index (κ2) is 13.1. The smallest absolute Gasteiger partial charge is 0.0464 e. The normalized spacial score (nSPS) is 26.1. The van der Waals surface area contributed by atoms with E-state index in [1.807, 2.05) is 0 Å². The maximum Gasteiger partial charge on any atom is 0.0464 e. The van der Waals surface area contributed by atoms with Crippen LogP contribution < -0.4 is 4.90 Å². The van der Waals surface area contributed by atoms with E-state index in [2.05, 4.69) is 172 Å². The zero-order valence-electron chi connectivity index (χ0n) is 31.5. The summed E-state index contributed by atoms with van der Waals surface area (Å²) in [7, 11) is 0. The van der Waals surface area contributed by atoms with Gasteiger partial charge in [-0.25, -0.2) is 0 Å². The summed E-state index contributed by atoms with van der Waals surface area (Å²) in [6, 6.07) is 36.1. The van der Waals surface area contributed by atoms with Gasteiger partial charge in [-0.2, -0.15) is 0 Å². The monoisotopic (exact) mass is 679 g/mol. The molecule has 1 nitrogen and oxygen atoms in total. The maximum atomic E-state index is 2.56. The molecule has 0 saturated heterocycles. The topological polar surface area (TPSA) is 3.24 Å². The van der Waals surface area contributed by atoms with Crippen LogP contribution in [0.25, 0.3) is 22.3 Å². The largest absolute Gasteiger partial charge is 0.311 e. The van der Waals surface area contributed by atoms with E-state index < -0.39 is 0 Å². The van der Waals surface area contributed by atoms with E-state index in [1.165, 1.54) is 100 Å². The molecule has 0 heterocycles. The molecule has 4 saturated carbocycles. The molecule has 0 aliphatic heterocycles. The third-order valence-electron chi connectivity index (χ3n) is 13.7. The average Bonchev–Trinajstić information content (AvgIpc) is 3.28. The van der Waals surface area contributed by atoms with Gasteiger partial charge in [0, 0.05) is 22.5 Å². The minimum atomic E-state index is -0.0619. The minimum absolute atomic E-state index is 0.0619. The van der Waals surface area contributed by atoms with Crippen molar-refractivity contribution in [2.45, 2.75) is 78.1 Å². The van der Waals surface area contributed by atoms with Crippen molar-refractivity contribution >= 4 is 22.5 Å². The lowest BCUT2D eigenvalue weighted by Crippen LogP contribution is -2.48. The van der Waals surface area contributed by atoms with Crippen LogP contribution in [0.15, 0.2) is 145 Å². The van der Waals surface area contributed by atoms with E-state index in [9.17, 15) is 0 Å². The van der Waals surface area contributed by atoms with Gasteiger partial charge in [0.25, 0.3) is 0 Å². The fourth-order valence-corrected chi connectivity index (χ4v) is 11.3. The molecule has 262 valence electrons.